The Morgan fingerprint density at radius 2 is 1.65 bits per heavy atom. The lowest BCUT2D eigenvalue weighted by Crippen LogP contribution is -2.06. The van der Waals surface area contributed by atoms with Gasteiger partial charge in [-0.15, -0.1) is 0 Å². The van der Waals surface area contributed by atoms with Crippen LogP contribution < -0.4 is 5.73 Å². The lowest BCUT2D eigenvalue weighted by Gasteiger charge is -2.10. The predicted molar refractivity (Wildman–Crippen MR) is 145 cm³/mol. The van der Waals surface area contributed by atoms with Gasteiger partial charge in [0.15, 0.2) is 0 Å². The number of aliphatic hydroxyl groups excluding tert-OH is 1. The highest BCUT2D eigenvalue weighted by Gasteiger charge is 2.11. The number of aliphatic imine (C=N–C) groups is 1. The van der Waals surface area contributed by atoms with Gasteiger partial charge in [-0.25, -0.2) is 9.18 Å². The number of aliphatic hydroxyl groups is 1. The van der Waals surface area contributed by atoms with Gasteiger partial charge < -0.3 is 15.9 Å². The smallest absolute Gasteiger partial charge is 0.341 e. The number of anilines is 1. The quantitative estimate of drug-likeness (QED) is 0.118. The first-order valence-corrected chi connectivity index (χ1v) is 11.6. The molecule has 0 aliphatic heterocycles. The van der Waals surface area contributed by atoms with Crippen molar-refractivity contribution < 1.29 is 19.4 Å². The van der Waals surface area contributed by atoms with E-state index in [2.05, 4.69) is 32.3 Å². The second-order valence-corrected chi connectivity index (χ2v) is 8.24. The van der Waals surface area contributed by atoms with Crippen LogP contribution in [0.25, 0.3) is 5.57 Å². The average Bonchev–Trinajstić information content (AvgIpc) is 2.74. The van der Waals surface area contributed by atoms with E-state index >= 15 is 0 Å². The number of hydrogen-bond donors (Lipinski definition) is 3. The normalized spacial score (nSPS) is 12.4. The van der Waals surface area contributed by atoms with Crippen molar-refractivity contribution in [3.05, 3.63) is 70.3 Å². The van der Waals surface area contributed by atoms with E-state index in [1.165, 1.54) is 12.1 Å². The van der Waals surface area contributed by atoms with Gasteiger partial charge in [-0.3, -0.25) is 4.99 Å². The van der Waals surface area contributed by atoms with Crippen LogP contribution in [0.1, 0.15) is 72.9 Å². The molecule has 0 aliphatic rings. The van der Waals surface area contributed by atoms with Crippen molar-refractivity contribution in [1.29, 1.82) is 0 Å². The predicted octanol–water partition coefficient (Wildman–Crippen LogP) is 7.69. The summed E-state index contributed by atoms with van der Waals surface area (Å²) in [6.45, 7) is 22.0. The Balaban J connectivity index is 0. The summed E-state index contributed by atoms with van der Waals surface area (Å²) in [4.78, 5) is 15.3. The van der Waals surface area contributed by atoms with Gasteiger partial charge in [-0.1, -0.05) is 54.2 Å². The number of nitrogens with two attached hydrogens (primary N) is 1. The largest absolute Gasteiger partial charge is 0.507 e. The van der Waals surface area contributed by atoms with Crippen molar-refractivity contribution in [2.24, 2.45) is 10.9 Å². The number of halogens is 1. The second-order valence-electron chi connectivity index (χ2n) is 8.24. The van der Waals surface area contributed by atoms with Crippen molar-refractivity contribution in [3.8, 4) is 0 Å². The van der Waals surface area contributed by atoms with Crippen LogP contribution in [-0.4, -0.2) is 28.9 Å². The SMILES string of the molecule is C=C(/C=C(C)/C(C)=C/C(O)=C(\C=NCCC)C(=O)O)c1cc(C)c(F)cc1N.CC.CC(C)C. The first kappa shape index (κ1) is 33.0. The van der Waals surface area contributed by atoms with Crippen molar-refractivity contribution >= 4 is 23.4 Å². The summed E-state index contributed by atoms with van der Waals surface area (Å²) >= 11 is 0. The van der Waals surface area contributed by atoms with Crippen LogP contribution in [0.4, 0.5) is 10.1 Å². The van der Waals surface area contributed by atoms with Gasteiger partial charge in [0.25, 0.3) is 0 Å². The van der Waals surface area contributed by atoms with Gasteiger partial charge in [-0.2, -0.15) is 0 Å². The van der Waals surface area contributed by atoms with E-state index in [9.17, 15) is 19.4 Å². The molecule has 6 heteroatoms. The molecule has 1 aromatic rings. The molecule has 0 aromatic heterocycles. The second kappa shape index (κ2) is 17.3. The molecule has 0 unspecified atom stereocenters. The van der Waals surface area contributed by atoms with E-state index in [1.807, 2.05) is 20.8 Å². The molecule has 0 atom stereocenters. The summed E-state index contributed by atoms with van der Waals surface area (Å²) in [5.74, 6) is -1.20. The van der Waals surface area contributed by atoms with Crippen molar-refractivity contribution in [1.82, 2.24) is 0 Å². The zero-order valence-electron chi connectivity index (χ0n) is 22.3. The highest BCUT2D eigenvalue weighted by Crippen LogP contribution is 2.26. The molecular weight excluding hydrogens is 431 g/mol. The third-order valence-electron chi connectivity index (χ3n) is 4.12. The average molecular weight is 475 g/mol. The number of hydrogen-bond acceptors (Lipinski definition) is 4. The molecule has 0 radical (unpaired) electrons. The number of carboxylic acids is 1. The van der Waals surface area contributed by atoms with E-state index < -0.39 is 5.97 Å². The van der Waals surface area contributed by atoms with Crippen molar-refractivity contribution in [2.75, 3.05) is 12.3 Å². The number of rotatable bonds is 8. The van der Waals surface area contributed by atoms with Gasteiger partial charge >= 0.3 is 5.97 Å². The Hall–Kier alpha value is -3.15. The maximum atomic E-state index is 13.6. The lowest BCUT2D eigenvalue weighted by atomic mass is 9.98. The number of benzene rings is 1. The molecule has 4 N–H and O–H groups in total. The molecule has 0 amide bonds. The fourth-order valence-corrected chi connectivity index (χ4v) is 2.34. The minimum absolute atomic E-state index is 0.279. The van der Waals surface area contributed by atoms with Crippen LogP contribution in [0.15, 0.2) is 58.3 Å². The fourth-order valence-electron chi connectivity index (χ4n) is 2.34. The van der Waals surface area contributed by atoms with Crippen LogP contribution in [-0.2, 0) is 4.79 Å². The van der Waals surface area contributed by atoms with Crippen LogP contribution >= 0.6 is 0 Å². The molecule has 1 rings (SSSR count). The van der Waals surface area contributed by atoms with E-state index in [4.69, 9.17) is 5.73 Å². The van der Waals surface area contributed by atoms with E-state index in [1.54, 1.807) is 32.9 Å². The number of nitrogens with zero attached hydrogens (tertiary/aromatic N) is 1. The number of allylic oxidation sites excluding steroid dienone is 5. The molecule has 0 saturated carbocycles. The van der Waals surface area contributed by atoms with Crippen LogP contribution in [0, 0.1) is 18.7 Å². The Morgan fingerprint density at radius 3 is 2.12 bits per heavy atom. The first-order valence-electron chi connectivity index (χ1n) is 11.6. The molecule has 190 valence electrons. The van der Waals surface area contributed by atoms with Gasteiger partial charge in [0.05, 0.1) is 0 Å². The van der Waals surface area contributed by atoms with Gasteiger partial charge in [-0.05, 0) is 73.6 Å². The highest BCUT2D eigenvalue weighted by atomic mass is 19.1. The zero-order valence-corrected chi connectivity index (χ0v) is 22.3. The lowest BCUT2D eigenvalue weighted by molar-refractivity contribution is -0.132. The molecule has 0 heterocycles. The minimum atomic E-state index is -1.26. The minimum Gasteiger partial charge on any atom is -0.507 e. The number of carboxylic acid groups (broad SMARTS) is 1. The molecular formula is C28H43FN2O3. The summed E-state index contributed by atoms with van der Waals surface area (Å²) in [7, 11) is 0. The Labute approximate surface area is 205 Å². The Kier molecular flexibility index (Phi) is 16.8. The summed E-state index contributed by atoms with van der Waals surface area (Å²) in [5.41, 5.74) is 8.92. The summed E-state index contributed by atoms with van der Waals surface area (Å²) < 4.78 is 13.6. The van der Waals surface area contributed by atoms with Gasteiger partial charge in [0, 0.05) is 24.0 Å². The summed E-state index contributed by atoms with van der Waals surface area (Å²) in [6.07, 6.45) is 5.04. The number of nitrogen functional groups attached to an aromatic ring is 1. The summed E-state index contributed by atoms with van der Waals surface area (Å²) in [5, 5.41) is 19.4. The van der Waals surface area contributed by atoms with E-state index in [0.717, 1.165) is 24.1 Å². The molecule has 0 saturated heterocycles. The van der Waals surface area contributed by atoms with E-state index in [0.29, 0.717) is 28.8 Å². The van der Waals surface area contributed by atoms with Gasteiger partial charge in [0.1, 0.15) is 17.1 Å². The zero-order chi connectivity index (χ0) is 27.0. The first-order chi connectivity index (χ1) is 15.8. The van der Waals surface area contributed by atoms with Crippen LogP contribution in [0.3, 0.4) is 0 Å². The number of aryl methyl sites for hydroxylation is 1. The fraction of sp³-hybridized carbons (Fsp3) is 0.429. The van der Waals surface area contributed by atoms with Crippen LogP contribution in [0.2, 0.25) is 0 Å². The maximum absolute atomic E-state index is 13.6. The number of aliphatic carboxylic acids is 1. The summed E-state index contributed by atoms with van der Waals surface area (Å²) in [6, 6.07) is 2.88. The standard InChI is InChI=1S/C22H27FN2O3.C4H10.C2H6/c1-6-7-25-12-18(22(27)28)21(26)10-14(3)13(2)8-15(4)17-9-16(5)19(23)11-20(17)24;1-4(2)3;1-2/h8-12,26H,4,6-7,24H2,1-3,5H3,(H,27,28);4H,1-3H3;1-2H3/b13-8+,14-10+,21-18-,25-12?;;. The van der Waals surface area contributed by atoms with Crippen LogP contribution in [0.5, 0.6) is 0 Å². The monoisotopic (exact) mass is 474 g/mol. The molecule has 0 bridgehead atoms. The Bertz CT molecular complexity index is 936. The molecule has 0 aliphatic carbocycles. The molecule has 5 nitrogen and oxygen atoms in total. The molecule has 0 spiro atoms. The molecule has 0 fully saturated rings. The van der Waals surface area contributed by atoms with Crippen molar-refractivity contribution in [3.63, 3.8) is 0 Å². The number of carbonyl (C=O) groups is 1. The van der Waals surface area contributed by atoms with E-state index in [-0.39, 0.29) is 22.8 Å². The van der Waals surface area contributed by atoms with Crippen molar-refractivity contribution in [2.45, 2.75) is 68.7 Å². The third-order valence-corrected chi connectivity index (χ3v) is 4.12. The van der Waals surface area contributed by atoms with Gasteiger partial charge in [0.2, 0.25) is 0 Å². The molecule has 34 heavy (non-hydrogen) atoms. The molecule has 1 aromatic carbocycles. The highest BCUT2D eigenvalue weighted by molar-refractivity contribution is 6.09. The third kappa shape index (κ3) is 12.8. The topological polar surface area (TPSA) is 95.9 Å². The maximum Gasteiger partial charge on any atom is 0.341 e. The Morgan fingerprint density at radius 1 is 1.15 bits per heavy atom.